The van der Waals surface area contributed by atoms with Gasteiger partial charge in [-0.2, -0.15) is 0 Å². The smallest absolute Gasteiger partial charge is 0.132 e. The van der Waals surface area contributed by atoms with Crippen LogP contribution in [0.15, 0.2) is 212 Å². The van der Waals surface area contributed by atoms with E-state index < -0.39 is 5.41 Å². The van der Waals surface area contributed by atoms with Gasteiger partial charge in [0, 0.05) is 33.2 Å². The van der Waals surface area contributed by atoms with Gasteiger partial charge in [-0.3, -0.25) is 0 Å². The van der Waals surface area contributed by atoms with Gasteiger partial charge >= 0.3 is 0 Å². The van der Waals surface area contributed by atoms with E-state index in [1.807, 2.05) is 0 Å². The Kier molecular flexibility index (Phi) is 6.88. The summed E-state index contributed by atoms with van der Waals surface area (Å²) >= 11 is 0. The first-order valence-corrected chi connectivity index (χ1v) is 19.7. The maximum absolute atomic E-state index is 6.77. The Morgan fingerprint density at radius 1 is 0.368 bits per heavy atom. The minimum atomic E-state index is -0.657. The molecule has 2 aliphatic rings. The zero-order valence-electron chi connectivity index (χ0n) is 31.1. The fourth-order valence-electron chi connectivity index (χ4n) is 9.95. The van der Waals surface area contributed by atoms with Gasteiger partial charge in [0.2, 0.25) is 0 Å². The van der Waals surface area contributed by atoms with Gasteiger partial charge in [0.05, 0.1) is 16.8 Å². The van der Waals surface area contributed by atoms with Crippen LogP contribution in [-0.2, 0) is 5.41 Å². The van der Waals surface area contributed by atoms with Gasteiger partial charge in [-0.25, -0.2) is 0 Å². The summed E-state index contributed by atoms with van der Waals surface area (Å²) in [5.41, 5.74) is 12.3. The number of rotatable bonds is 4. The maximum Gasteiger partial charge on any atom is 0.132 e. The molecule has 266 valence electrons. The highest BCUT2D eigenvalue weighted by molar-refractivity contribution is 6.11. The second-order valence-corrected chi connectivity index (χ2v) is 15.2. The minimum absolute atomic E-state index is 0.657. The van der Waals surface area contributed by atoms with Gasteiger partial charge in [0.15, 0.2) is 0 Å². The largest absolute Gasteiger partial charge is 0.457 e. The van der Waals surface area contributed by atoms with E-state index in [0.717, 1.165) is 39.7 Å². The number of hydrogen-bond acceptors (Lipinski definition) is 2. The lowest BCUT2D eigenvalue weighted by Gasteiger charge is -2.45. The molecule has 0 amide bonds. The van der Waals surface area contributed by atoms with Gasteiger partial charge in [0.1, 0.15) is 11.5 Å². The third-order valence-corrected chi connectivity index (χ3v) is 12.3. The van der Waals surface area contributed by atoms with Crippen molar-refractivity contribution in [2.24, 2.45) is 0 Å². The van der Waals surface area contributed by atoms with E-state index in [9.17, 15) is 0 Å². The molecule has 10 aromatic rings. The topological polar surface area (TPSA) is 12.5 Å². The van der Waals surface area contributed by atoms with Crippen molar-refractivity contribution in [1.29, 1.82) is 0 Å². The van der Waals surface area contributed by atoms with Crippen LogP contribution < -0.4 is 9.64 Å². The fourth-order valence-corrected chi connectivity index (χ4v) is 9.95. The van der Waals surface area contributed by atoms with Crippen molar-refractivity contribution in [2.75, 3.05) is 4.90 Å². The number of anilines is 3. The van der Waals surface area contributed by atoms with Gasteiger partial charge in [-0.15, -0.1) is 0 Å². The molecule has 0 atom stereocenters. The van der Waals surface area contributed by atoms with Crippen LogP contribution in [0.2, 0.25) is 0 Å². The molecule has 0 fully saturated rings. The van der Waals surface area contributed by atoms with E-state index in [4.69, 9.17) is 4.74 Å². The van der Waals surface area contributed by atoms with Gasteiger partial charge in [0.25, 0.3) is 0 Å². The summed E-state index contributed by atoms with van der Waals surface area (Å²) < 4.78 is 6.77. The second-order valence-electron chi connectivity index (χ2n) is 15.2. The summed E-state index contributed by atoms with van der Waals surface area (Å²) in [6, 6.07) is 77.7. The van der Waals surface area contributed by atoms with E-state index in [-0.39, 0.29) is 0 Å². The predicted molar refractivity (Wildman–Crippen MR) is 236 cm³/mol. The van der Waals surface area contributed by atoms with Crippen molar-refractivity contribution < 1.29 is 4.74 Å². The number of benzene rings is 10. The molecule has 1 aliphatic carbocycles. The Bertz CT molecular complexity index is 3180. The minimum Gasteiger partial charge on any atom is -0.457 e. The molecule has 10 aromatic carbocycles. The van der Waals surface area contributed by atoms with Crippen molar-refractivity contribution in [1.82, 2.24) is 0 Å². The number of ether oxygens (including phenoxy) is 1. The van der Waals surface area contributed by atoms with Crippen LogP contribution in [0.4, 0.5) is 17.1 Å². The number of hydrogen-bond donors (Lipinski definition) is 0. The fraction of sp³-hybridized carbons (Fsp3) is 0.0182. The number of fused-ring (bicyclic) bond motifs is 10. The highest BCUT2D eigenvalue weighted by atomic mass is 16.5. The third-order valence-electron chi connectivity index (χ3n) is 12.3. The van der Waals surface area contributed by atoms with Crippen molar-refractivity contribution in [3.05, 3.63) is 235 Å². The Labute approximate surface area is 331 Å². The molecular weight excluding hydrogens is 691 g/mol. The lowest BCUT2D eigenvalue weighted by Crippen LogP contribution is -2.36. The second kappa shape index (κ2) is 12.3. The summed E-state index contributed by atoms with van der Waals surface area (Å²) in [5, 5.41) is 7.30. The maximum atomic E-state index is 6.77. The van der Waals surface area contributed by atoms with Crippen molar-refractivity contribution in [3.63, 3.8) is 0 Å². The van der Waals surface area contributed by atoms with Crippen LogP contribution in [0.3, 0.4) is 0 Å². The predicted octanol–water partition coefficient (Wildman–Crippen LogP) is 14.8. The van der Waals surface area contributed by atoms with Gasteiger partial charge < -0.3 is 9.64 Å². The van der Waals surface area contributed by atoms with Crippen LogP contribution >= 0.6 is 0 Å². The standard InChI is InChI=1S/C55H35NO/c1-2-15-37(16-3-1)43-33-31-38-18-5-7-23-42(38)54(43)56(50-28-14-19-36-17-4-6-22-41(36)50)40-32-34-44-45-24-12-20-39-21-13-27-48(53(39)45)55(49(44)35-40)46-25-8-10-29-51(46)57-52-30-11-9-26-47(52)55/h1-35H. The molecule has 0 bridgehead atoms. The first-order chi connectivity index (χ1) is 28.3. The summed E-state index contributed by atoms with van der Waals surface area (Å²) in [7, 11) is 0. The highest BCUT2D eigenvalue weighted by Gasteiger charge is 2.49. The van der Waals surface area contributed by atoms with Crippen LogP contribution in [0.25, 0.3) is 54.6 Å². The van der Waals surface area contributed by atoms with E-state index in [1.54, 1.807) is 0 Å². The molecule has 1 aliphatic heterocycles. The summed E-state index contributed by atoms with van der Waals surface area (Å²) in [4.78, 5) is 2.53. The van der Waals surface area contributed by atoms with Crippen LogP contribution in [0.1, 0.15) is 22.3 Å². The average molecular weight is 726 g/mol. The first kappa shape index (κ1) is 31.9. The molecule has 1 heterocycles. The van der Waals surface area contributed by atoms with Crippen molar-refractivity contribution >= 4 is 49.4 Å². The van der Waals surface area contributed by atoms with E-state index in [2.05, 4.69) is 217 Å². The lowest BCUT2D eigenvalue weighted by molar-refractivity contribution is 0.435. The average Bonchev–Trinajstić information content (AvgIpc) is 3.28. The van der Waals surface area contributed by atoms with E-state index >= 15 is 0 Å². The SMILES string of the molecule is c1ccc(-c2ccc3ccccc3c2N(c2ccc3c(c2)C2(c4ccccc4Oc4ccccc42)c2cccc4cccc-3c24)c2cccc3ccccc23)cc1. The quantitative estimate of drug-likeness (QED) is 0.179. The summed E-state index contributed by atoms with van der Waals surface area (Å²) in [5.74, 6) is 1.77. The Morgan fingerprint density at radius 2 is 0.947 bits per heavy atom. The van der Waals surface area contributed by atoms with Crippen LogP contribution in [-0.4, -0.2) is 0 Å². The molecule has 0 N–H and O–H groups in total. The van der Waals surface area contributed by atoms with Gasteiger partial charge in [-0.1, -0.05) is 182 Å². The van der Waals surface area contributed by atoms with Crippen LogP contribution in [0.5, 0.6) is 11.5 Å². The Balaban J connectivity index is 1.25. The number of para-hydroxylation sites is 2. The molecule has 12 rings (SSSR count). The summed E-state index contributed by atoms with van der Waals surface area (Å²) in [6.45, 7) is 0. The Morgan fingerprint density at radius 3 is 1.74 bits per heavy atom. The lowest BCUT2D eigenvalue weighted by atomic mass is 9.58. The molecule has 0 unspecified atom stereocenters. The third kappa shape index (κ3) is 4.53. The van der Waals surface area contributed by atoms with Crippen LogP contribution in [0, 0.1) is 0 Å². The normalized spacial score (nSPS) is 13.2. The Hall–Kier alpha value is -7.42. The monoisotopic (exact) mass is 725 g/mol. The molecule has 2 heteroatoms. The molecule has 1 spiro atoms. The highest BCUT2D eigenvalue weighted by Crippen LogP contribution is 2.62. The molecule has 57 heavy (non-hydrogen) atoms. The molecule has 0 radical (unpaired) electrons. The van der Waals surface area contributed by atoms with Crippen molar-refractivity contribution in [2.45, 2.75) is 5.41 Å². The first-order valence-electron chi connectivity index (χ1n) is 19.7. The van der Waals surface area contributed by atoms with Crippen molar-refractivity contribution in [3.8, 4) is 33.8 Å². The zero-order valence-corrected chi connectivity index (χ0v) is 31.1. The molecule has 0 saturated carbocycles. The van der Waals surface area contributed by atoms with E-state index in [0.29, 0.717) is 0 Å². The van der Waals surface area contributed by atoms with Gasteiger partial charge in [-0.05, 0) is 79.7 Å². The molecule has 0 saturated heterocycles. The molecule has 0 aromatic heterocycles. The zero-order chi connectivity index (χ0) is 37.5. The van der Waals surface area contributed by atoms with E-state index in [1.165, 1.54) is 65.7 Å². The molecule has 2 nitrogen and oxygen atoms in total. The summed E-state index contributed by atoms with van der Waals surface area (Å²) in [6.07, 6.45) is 0. The number of nitrogens with zero attached hydrogens (tertiary/aromatic N) is 1. The molecular formula is C55H35NO.